The van der Waals surface area contributed by atoms with Gasteiger partial charge in [-0.3, -0.25) is 4.57 Å². The standard InChI is InChI=1S/C11H21F2O4P/c1-4-7-9-15-10-8-11(12,13)18(14,16-5-2)17-6-3/h8,10H,4-7,9H2,1-3H3/b10-8+. The van der Waals surface area contributed by atoms with Gasteiger partial charge in [0.25, 0.3) is 0 Å². The van der Waals surface area contributed by atoms with Crippen LogP contribution in [0.5, 0.6) is 0 Å². The molecule has 0 spiro atoms. The summed E-state index contributed by atoms with van der Waals surface area (Å²) in [5.41, 5.74) is -3.69. The Labute approximate surface area is 107 Å². The smallest absolute Gasteiger partial charge is 0.403 e. The van der Waals surface area contributed by atoms with E-state index in [1.54, 1.807) is 0 Å². The minimum Gasteiger partial charge on any atom is -0.501 e. The summed E-state index contributed by atoms with van der Waals surface area (Å²) in [6, 6.07) is 0. The molecule has 0 amide bonds. The molecule has 0 fully saturated rings. The molecule has 4 nitrogen and oxygen atoms in total. The van der Waals surface area contributed by atoms with Crippen LogP contribution < -0.4 is 0 Å². The maximum atomic E-state index is 13.7. The van der Waals surface area contributed by atoms with Crippen LogP contribution in [0.15, 0.2) is 12.3 Å². The van der Waals surface area contributed by atoms with Crippen molar-refractivity contribution in [2.24, 2.45) is 0 Å². The predicted octanol–water partition coefficient (Wildman–Crippen LogP) is 4.18. The second-order valence-electron chi connectivity index (χ2n) is 3.45. The van der Waals surface area contributed by atoms with Crippen molar-refractivity contribution in [2.75, 3.05) is 19.8 Å². The highest BCUT2D eigenvalue weighted by Gasteiger charge is 2.51. The third kappa shape index (κ3) is 5.46. The summed E-state index contributed by atoms with van der Waals surface area (Å²) in [5, 5.41) is 0. The lowest BCUT2D eigenvalue weighted by Gasteiger charge is -2.22. The Hall–Kier alpha value is -0.450. The first kappa shape index (κ1) is 17.6. The van der Waals surface area contributed by atoms with E-state index in [2.05, 4.69) is 9.05 Å². The van der Waals surface area contributed by atoms with Gasteiger partial charge in [0.1, 0.15) is 0 Å². The zero-order chi connectivity index (χ0) is 14.1. The lowest BCUT2D eigenvalue weighted by atomic mass is 10.4. The fourth-order valence-corrected chi connectivity index (χ4v) is 2.41. The van der Waals surface area contributed by atoms with E-state index in [0.717, 1.165) is 19.1 Å². The predicted molar refractivity (Wildman–Crippen MR) is 65.8 cm³/mol. The molecule has 0 aromatic heterocycles. The zero-order valence-electron chi connectivity index (χ0n) is 11.0. The van der Waals surface area contributed by atoms with Crippen molar-refractivity contribution >= 4 is 7.60 Å². The van der Waals surface area contributed by atoms with E-state index in [1.807, 2.05) is 6.92 Å². The third-order valence-corrected chi connectivity index (χ3v) is 4.02. The fourth-order valence-electron chi connectivity index (χ4n) is 1.07. The summed E-state index contributed by atoms with van der Waals surface area (Å²) in [4.78, 5) is 0. The van der Waals surface area contributed by atoms with E-state index in [-0.39, 0.29) is 13.2 Å². The van der Waals surface area contributed by atoms with Crippen LogP contribution in [-0.2, 0) is 18.3 Å². The molecule has 0 radical (unpaired) electrons. The fraction of sp³-hybridized carbons (Fsp3) is 0.818. The van der Waals surface area contributed by atoms with E-state index in [4.69, 9.17) is 4.74 Å². The van der Waals surface area contributed by atoms with Gasteiger partial charge in [0.2, 0.25) is 0 Å². The van der Waals surface area contributed by atoms with E-state index in [0.29, 0.717) is 12.7 Å². The second-order valence-corrected chi connectivity index (χ2v) is 5.56. The monoisotopic (exact) mass is 286 g/mol. The van der Waals surface area contributed by atoms with Crippen LogP contribution in [0.1, 0.15) is 33.6 Å². The van der Waals surface area contributed by atoms with Gasteiger partial charge in [0, 0.05) is 6.08 Å². The van der Waals surface area contributed by atoms with Gasteiger partial charge in [-0.2, -0.15) is 8.78 Å². The molecule has 0 saturated carbocycles. The Bertz CT molecular complexity index is 285. The maximum Gasteiger partial charge on any atom is 0.403 e. The molecule has 18 heavy (non-hydrogen) atoms. The number of alkyl halides is 2. The maximum absolute atomic E-state index is 13.7. The molecule has 0 heterocycles. The largest absolute Gasteiger partial charge is 0.501 e. The molecule has 0 aliphatic heterocycles. The van der Waals surface area contributed by atoms with Crippen LogP contribution in [0.3, 0.4) is 0 Å². The molecule has 0 atom stereocenters. The molecule has 0 bridgehead atoms. The minimum absolute atomic E-state index is 0.114. The van der Waals surface area contributed by atoms with Crippen molar-refractivity contribution in [3.05, 3.63) is 12.3 Å². The molecule has 0 unspecified atom stereocenters. The number of ether oxygens (including phenoxy) is 1. The molecular weight excluding hydrogens is 265 g/mol. The summed E-state index contributed by atoms with van der Waals surface area (Å²) >= 11 is 0. The Morgan fingerprint density at radius 1 is 1.17 bits per heavy atom. The lowest BCUT2D eigenvalue weighted by Crippen LogP contribution is -2.17. The Morgan fingerprint density at radius 2 is 1.72 bits per heavy atom. The van der Waals surface area contributed by atoms with Gasteiger partial charge < -0.3 is 13.8 Å². The van der Waals surface area contributed by atoms with E-state index in [9.17, 15) is 13.3 Å². The lowest BCUT2D eigenvalue weighted by molar-refractivity contribution is 0.0761. The molecule has 7 heteroatoms. The highest BCUT2D eigenvalue weighted by Crippen LogP contribution is 2.62. The molecule has 0 aromatic rings. The molecule has 0 rings (SSSR count). The average Bonchev–Trinajstić information content (AvgIpc) is 2.29. The van der Waals surface area contributed by atoms with Crippen LogP contribution >= 0.6 is 7.60 Å². The van der Waals surface area contributed by atoms with Crippen molar-refractivity contribution in [2.45, 2.75) is 39.3 Å². The normalized spacial score (nSPS) is 13.2. The van der Waals surface area contributed by atoms with Crippen LogP contribution in [0.25, 0.3) is 0 Å². The van der Waals surface area contributed by atoms with Gasteiger partial charge in [-0.05, 0) is 20.3 Å². The Balaban J connectivity index is 4.58. The van der Waals surface area contributed by atoms with Crippen molar-refractivity contribution in [1.29, 1.82) is 0 Å². The summed E-state index contributed by atoms with van der Waals surface area (Å²) in [6.45, 7) is 5.03. The van der Waals surface area contributed by atoms with Crippen LogP contribution in [0.4, 0.5) is 8.78 Å². The zero-order valence-corrected chi connectivity index (χ0v) is 11.9. The van der Waals surface area contributed by atoms with Crippen LogP contribution in [0.2, 0.25) is 0 Å². The van der Waals surface area contributed by atoms with Crippen molar-refractivity contribution in [1.82, 2.24) is 0 Å². The van der Waals surface area contributed by atoms with E-state index in [1.165, 1.54) is 13.8 Å². The average molecular weight is 286 g/mol. The number of hydrogen-bond donors (Lipinski definition) is 0. The van der Waals surface area contributed by atoms with E-state index < -0.39 is 13.3 Å². The molecule has 0 aliphatic rings. The summed E-state index contributed by atoms with van der Waals surface area (Å²) in [7, 11) is -4.48. The number of unbranched alkanes of at least 4 members (excludes halogenated alkanes) is 1. The van der Waals surface area contributed by atoms with Gasteiger partial charge in [0.05, 0.1) is 26.1 Å². The van der Waals surface area contributed by atoms with Crippen molar-refractivity contribution in [3.63, 3.8) is 0 Å². The van der Waals surface area contributed by atoms with Crippen LogP contribution in [0, 0.1) is 0 Å². The molecule has 0 aliphatic carbocycles. The Kier molecular flexibility index (Phi) is 8.40. The van der Waals surface area contributed by atoms with Crippen LogP contribution in [-0.4, -0.2) is 25.5 Å². The molecule has 0 saturated heterocycles. The molecule has 108 valence electrons. The first-order valence-electron chi connectivity index (χ1n) is 5.99. The summed E-state index contributed by atoms with van der Waals surface area (Å²) in [5.74, 6) is 0. The highest BCUT2D eigenvalue weighted by molar-refractivity contribution is 7.55. The minimum atomic E-state index is -4.48. The number of hydrogen-bond acceptors (Lipinski definition) is 4. The van der Waals surface area contributed by atoms with Gasteiger partial charge >= 0.3 is 13.3 Å². The van der Waals surface area contributed by atoms with Gasteiger partial charge in [-0.25, -0.2) is 0 Å². The van der Waals surface area contributed by atoms with Gasteiger partial charge in [0.15, 0.2) is 0 Å². The quantitative estimate of drug-likeness (QED) is 0.343. The number of allylic oxidation sites excluding steroid dienone is 1. The molecule has 0 N–H and O–H groups in total. The second kappa shape index (κ2) is 8.62. The number of halogens is 2. The first-order valence-corrected chi connectivity index (χ1v) is 7.54. The van der Waals surface area contributed by atoms with E-state index >= 15 is 0 Å². The Morgan fingerprint density at radius 3 is 2.17 bits per heavy atom. The first-order chi connectivity index (χ1) is 8.43. The van der Waals surface area contributed by atoms with Gasteiger partial charge in [-0.1, -0.05) is 13.3 Å². The third-order valence-electron chi connectivity index (χ3n) is 1.94. The topological polar surface area (TPSA) is 44.8 Å². The summed E-state index contributed by atoms with van der Waals surface area (Å²) < 4.78 is 53.3. The summed E-state index contributed by atoms with van der Waals surface area (Å²) in [6.07, 6.45) is 2.94. The number of rotatable bonds is 10. The van der Waals surface area contributed by atoms with Crippen molar-refractivity contribution in [3.8, 4) is 0 Å². The van der Waals surface area contributed by atoms with Gasteiger partial charge in [-0.15, -0.1) is 0 Å². The highest BCUT2D eigenvalue weighted by atomic mass is 31.2. The molecule has 0 aromatic carbocycles. The molecular formula is C11H21F2O4P. The van der Waals surface area contributed by atoms with Crippen molar-refractivity contribution < 1.29 is 27.1 Å². The SMILES string of the molecule is CCCCO/C=C/C(F)(F)P(=O)(OCC)OCC.